The molecule has 13 heavy (non-hydrogen) atoms. The minimum atomic E-state index is 0.0365. The third-order valence-corrected chi connectivity index (χ3v) is 4.46. The van der Waals surface area contributed by atoms with E-state index in [0.717, 1.165) is 20.1 Å². The van der Waals surface area contributed by atoms with Gasteiger partial charge in [0.05, 0.1) is 4.48 Å². The Balaban J connectivity index is 2.72. The first-order valence-electron chi connectivity index (χ1n) is 3.51. The maximum absolute atomic E-state index is 11.6. The Morgan fingerprint density at radius 2 is 1.62 bits per heavy atom. The van der Waals surface area contributed by atoms with Crippen molar-refractivity contribution in [3.8, 4) is 0 Å². The summed E-state index contributed by atoms with van der Waals surface area (Å²) in [5.41, 5.74) is 1.67. The number of halogens is 3. The number of carbonyl (C=O) groups is 1. The SMILES string of the molecule is O=C1C(Br)=C(Br)c2cc(Br)ccc21. The Kier molecular flexibility index (Phi) is 2.47. The van der Waals surface area contributed by atoms with E-state index in [0.29, 0.717) is 4.48 Å². The zero-order valence-electron chi connectivity index (χ0n) is 6.27. The van der Waals surface area contributed by atoms with Gasteiger partial charge < -0.3 is 0 Å². The van der Waals surface area contributed by atoms with Crippen LogP contribution in [0.25, 0.3) is 4.48 Å². The molecule has 0 bridgehead atoms. The van der Waals surface area contributed by atoms with Crippen molar-refractivity contribution in [1.82, 2.24) is 0 Å². The van der Waals surface area contributed by atoms with E-state index in [-0.39, 0.29) is 5.78 Å². The molecule has 0 saturated heterocycles. The topological polar surface area (TPSA) is 17.1 Å². The summed E-state index contributed by atoms with van der Waals surface area (Å²) in [6, 6.07) is 5.60. The Morgan fingerprint density at radius 3 is 2.31 bits per heavy atom. The molecule has 0 atom stereocenters. The van der Waals surface area contributed by atoms with Crippen molar-refractivity contribution >= 4 is 58.1 Å². The molecular weight excluding hydrogens is 364 g/mol. The van der Waals surface area contributed by atoms with Gasteiger partial charge in [-0.1, -0.05) is 15.9 Å². The molecule has 0 spiro atoms. The summed E-state index contributed by atoms with van der Waals surface area (Å²) in [6.45, 7) is 0. The van der Waals surface area contributed by atoms with Crippen molar-refractivity contribution in [3.63, 3.8) is 0 Å². The van der Waals surface area contributed by atoms with E-state index >= 15 is 0 Å². The van der Waals surface area contributed by atoms with Crippen LogP contribution in [0.4, 0.5) is 0 Å². The van der Waals surface area contributed by atoms with Crippen LogP contribution < -0.4 is 0 Å². The maximum Gasteiger partial charge on any atom is 0.201 e. The molecule has 0 fully saturated rings. The predicted molar refractivity (Wildman–Crippen MR) is 63.2 cm³/mol. The molecule has 4 heteroatoms. The van der Waals surface area contributed by atoms with E-state index in [1.165, 1.54) is 0 Å². The van der Waals surface area contributed by atoms with Crippen LogP contribution >= 0.6 is 47.8 Å². The average molecular weight is 367 g/mol. The minimum Gasteiger partial charge on any atom is -0.288 e. The third-order valence-electron chi connectivity index (χ3n) is 1.85. The van der Waals surface area contributed by atoms with Crippen LogP contribution in [-0.2, 0) is 0 Å². The van der Waals surface area contributed by atoms with Gasteiger partial charge in [0, 0.05) is 20.1 Å². The number of rotatable bonds is 0. The number of hydrogen-bond donors (Lipinski definition) is 0. The van der Waals surface area contributed by atoms with Crippen LogP contribution in [0.2, 0.25) is 0 Å². The molecule has 0 radical (unpaired) electrons. The van der Waals surface area contributed by atoms with Gasteiger partial charge in [-0.3, -0.25) is 4.79 Å². The lowest BCUT2D eigenvalue weighted by Crippen LogP contribution is -1.93. The van der Waals surface area contributed by atoms with Gasteiger partial charge >= 0.3 is 0 Å². The van der Waals surface area contributed by atoms with Crippen LogP contribution in [0.1, 0.15) is 15.9 Å². The number of carbonyl (C=O) groups excluding carboxylic acids is 1. The van der Waals surface area contributed by atoms with Gasteiger partial charge in [-0.15, -0.1) is 0 Å². The monoisotopic (exact) mass is 364 g/mol. The molecule has 0 aromatic heterocycles. The van der Waals surface area contributed by atoms with E-state index in [9.17, 15) is 4.79 Å². The van der Waals surface area contributed by atoms with Gasteiger partial charge in [0.1, 0.15) is 0 Å². The highest BCUT2D eigenvalue weighted by Crippen LogP contribution is 2.40. The molecule has 0 amide bonds. The highest BCUT2D eigenvalue weighted by atomic mass is 79.9. The zero-order valence-corrected chi connectivity index (χ0v) is 11.0. The number of fused-ring (bicyclic) bond motifs is 1. The lowest BCUT2D eigenvalue weighted by atomic mass is 10.1. The first-order chi connectivity index (χ1) is 6.11. The molecule has 1 aliphatic rings. The summed E-state index contributed by atoms with van der Waals surface area (Å²) in [5.74, 6) is 0.0365. The van der Waals surface area contributed by atoms with Gasteiger partial charge in [-0.05, 0) is 50.1 Å². The van der Waals surface area contributed by atoms with E-state index < -0.39 is 0 Å². The Bertz CT molecular complexity index is 434. The number of benzene rings is 1. The fourth-order valence-corrected chi connectivity index (χ4v) is 2.53. The molecule has 1 aromatic rings. The van der Waals surface area contributed by atoms with Gasteiger partial charge in [0.2, 0.25) is 5.78 Å². The van der Waals surface area contributed by atoms with E-state index in [2.05, 4.69) is 47.8 Å². The van der Waals surface area contributed by atoms with Crippen LogP contribution in [0.5, 0.6) is 0 Å². The van der Waals surface area contributed by atoms with E-state index in [1.54, 1.807) is 0 Å². The van der Waals surface area contributed by atoms with Gasteiger partial charge in [-0.25, -0.2) is 0 Å². The highest BCUT2D eigenvalue weighted by molar-refractivity contribution is 9.16. The fraction of sp³-hybridized carbons (Fsp3) is 0. The molecule has 2 rings (SSSR count). The molecular formula is C9H3Br3O. The largest absolute Gasteiger partial charge is 0.288 e. The van der Waals surface area contributed by atoms with Crippen molar-refractivity contribution in [3.05, 3.63) is 38.3 Å². The summed E-state index contributed by atoms with van der Waals surface area (Å²) < 4.78 is 2.40. The molecule has 0 saturated carbocycles. The van der Waals surface area contributed by atoms with E-state index in [4.69, 9.17) is 0 Å². The van der Waals surface area contributed by atoms with Crippen molar-refractivity contribution < 1.29 is 4.79 Å². The van der Waals surface area contributed by atoms with Crippen molar-refractivity contribution in [2.75, 3.05) is 0 Å². The molecule has 0 N–H and O–H groups in total. The number of hydrogen-bond acceptors (Lipinski definition) is 1. The fourth-order valence-electron chi connectivity index (χ4n) is 1.23. The van der Waals surface area contributed by atoms with Gasteiger partial charge in [0.15, 0.2) is 0 Å². The van der Waals surface area contributed by atoms with Crippen molar-refractivity contribution in [1.29, 1.82) is 0 Å². The van der Waals surface area contributed by atoms with Crippen molar-refractivity contribution in [2.45, 2.75) is 0 Å². The molecule has 1 aromatic carbocycles. The average Bonchev–Trinajstić information content (AvgIpc) is 2.32. The van der Waals surface area contributed by atoms with Gasteiger partial charge in [0.25, 0.3) is 0 Å². The Hall–Kier alpha value is 0.0700. The van der Waals surface area contributed by atoms with Crippen LogP contribution in [0, 0.1) is 0 Å². The van der Waals surface area contributed by atoms with Crippen LogP contribution in [-0.4, -0.2) is 5.78 Å². The number of allylic oxidation sites excluding steroid dienone is 1. The maximum atomic E-state index is 11.6. The second-order valence-corrected chi connectivity index (χ2v) is 5.15. The van der Waals surface area contributed by atoms with Crippen molar-refractivity contribution in [2.24, 2.45) is 0 Å². The predicted octanol–water partition coefficient (Wildman–Crippen LogP) is 4.10. The summed E-state index contributed by atoms with van der Waals surface area (Å²) in [4.78, 5) is 11.6. The second kappa shape index (κ2) is 3.33. The highest BCUT2D eigenvalue weighted by Gasteiger charge is 2.26. The molecule has 1 aliphatic carbocycles. The summed E-state index contributed by atoms with van der Waals surface area (Å²) in [5, 5.41) is 0. The number of Topliss-reactive ketones (excluding diaryl/α,β-unsaturated/α-hetero) is 1. The molecule has 0 heterocycles. The molecule has 0 unspecified atom stereocenters. The quantitative estimate of drug-likeness (QED) is 0.675. The van der Waals surface area contributed by atoms with Crippen LogP contribution in [0.15, 0.2) is 27.2 Å². The molecule has 1 nitrogen and oxygen atoms in total. The smallest absolute Gasteiger partial charge is 0.201 e. The van der Waals surface area contributed by atoms with E-state index in [1.807, 2.05) is 18.2 Å². The Morgan fingerprint density at radius 1 is 0.923 bits per heavy atom. The normalized spacial score (nSPS) is 15.2. The summed E-state index contributed by atoms with van der Waals surface area (Å²) in [7, 11) is 0. The lowest BCUT2D eigenvalue weighted by molar-refractivity contribution is 0.104. The lowest BCUT2D eigenvalue weighted by Gasteiger charge is -1.98. The first-order valence-corrected chi connectivity index (χ1v) is 5.89. The standard InChI is InChI=1S/C9H3Br3O/c10-4-1-2-5-6(3-4)7(11)8(12)9(5)13/h1-3H. The minimum absolute atomic E-state index is 0.0365. The molecule has 66 valence electrons. The first kappa shape index (κ1) is 9.62. The summed E-state index contributed by atoms with van der Waals surface area (Å²) in [6.07, 6.45) is 0. The van der Waals surface area contributed by atoms with Gasteiger partial charge in [-0.2, -0.15) is 0 Å². The second-order valence-electron chi connectivity index (χ2n) is 2.65. The summed E-state index contributed by atoms with van der Waals surface area (Å²) >= 11 is 9.97. The molecule has 0 aliphatic heterocycles. The Labute approximate surface area is 101 Å². The number of ketones is 1. The van der Waals surface area contributed by atoms with Crippen LogP contribution in [0.3, 0.4) is 0 Å². The third kappa shape index (κ3) is 1.45. The zero-order chi connectivity index (χ0) is 9.59.